The van der Waals surface area contributed by atoms with E-state index in [1.807, 2.05) is 44.5 Å². The molecule has 0 saturated heterocycles. The third-order valence-corrected chi connectivity index (χ3v) is 5.26. The normalized spacial score (nSPS) is 11.5. The summed E-state index contributed by atoms with van der Waals surface area (Å²) in [7, 11) is 1.85. The van der Waals surface area contributed by atoms with Gasteiger partial charge in [-0.1, -0.05) is 12.1 Å². The molecule has 28 heavy (non-hydrogen) atoms. The van der Waals surface area contributed by atoms with Gasteiger partial charge in [-0.15, -0.1) is 0 Å². The van der Waals surface area contributed by atoms with Crippen LogP contribution in [0.1, 0.15) is 33.1 Å². The number of fused-ring (bicyclic) bond motifs is 2. The fraction of sp³-hybridized carbons (Fsp3) is 0.273. The molecule has 0 bridgehead atoms. The second-order valence-corrected chi connectivity index (χ2v) is 7.19. The van der Waals surface area contributed by atoms with Crippen molar-refractivity contribution >= 4 is 27.9 Å². The molecule has 1 amide bonds. The molecule has 0 aliphatic carbocycles. The lowest BCUT2D eigenvalue weighted by Gasteiger charge is -2.05. The molecule has 0 fully saturated rings. The van der Waals surface area contributed by atoms with E-state index in [1.165, 1.54) is 12.1 Å². The van der Waals surface area contributed by atoms with E-state index in [0.29, 0.717) is 18.7 Å². The van der Waals surface area contributed by atoms with E-state index in [-0.39, 0.29) is 11.7 Å². The number of rotatable bonds is 4. The predicted octanol–water partition coefficient (Wildman–Crippen LogP) is 4.36. The van der Waals surface area contributed by atoms with Crippen molar-refractivity contribution in [3.8, 4) is 0 Å². The van der Waals surface area contributed by atoms with Crippen LogP contribution in [0.5, 0.6) is 0 Å². The predicted molar refractivity (Wildman–Crippen MR) is 107 cm³/mol. The number of nitrogens with one attached hydrogen (secondary N) is 1. The molecule has 5 nitrogen and oxygen atoms in total. The van der Waals surface area contributed by atoms with Crippen LogP contribution >= 0.6 is 0 Å². The minimum absolute atomic E-state index is 0.239. The van der Waals surface area contributed by atoms with E-state index in [2.05, 4.69) is 10.3 Å². The summed E-state index contributed by atoms with van der Waals surface area (Å²) in [4.78, 5) is 17.2. The number of carbonyl (C=O) groups is 1. The zero-order chi connectivity index (χ0) is 20.0. The Morgan fingerprint density at radius 3 is 2.68 bits per heavy atom. The van der Waals surface area contributed by atoms with Crippen molar-refractivity contribution in [3.05, 3.63) is 64.4 Å². The summed E-state index contributed by atoms with van der Waals surface area (Å²) >= 11 is 0. The summed E-state index contributed by atoms with van der Waals surface area (Å²) in [6.45, 7) is 6.31. The second kappa shape index (κ2) is 6.78. The molecule has 2 aromatic carbocycles. The highest BCUT2D eigenvalue weighted by Gasteiger charge is 2.20. The maximum Gasteiger partial charge on any atom is 0.287 e. The molecule has 2 heterocycles. The number of furan rings is 1. The summed E-state index contributed by atoms with van der Waals surface area (Å²) in [6, 6.07) is 8.56. The van der Waals surface area contributed by atoms with Crippen molar-refractivity contribution in [3.63, 3.8) is 0 Å². The Morgan fingerprint density at radius 1 is 1.18 bits per heavy atom. The van der Waals surface area contributed by atoms with Crippen molar-refractivity contribution in [2.24, 2.45) is 7.05 Å². The number of hydrogen-bond acceptors (Lipinski definition) is 3. The summed E-state index contributed by atoms with van der Waals surface area (Å²) in [6.07, 6.45) is 0.538. The van der Waals surface area contributed by atoms with E-state index in [1.54, 1.807) is 6.07 Å². The molecular weight excluding hydrogens is 357 g/mol. The fourth-order valence-electron chi connectivity index (χ4n) is 3.70. The summed E-state index contributed by atoms with van der Waals surface area (Å²) < 4.78 is 21.2. The Kier molecular flexibility index (Phi) is 4.41. The van der Waals surface area contributed by atoms with Crippen LogP contribution in [-0.2, 0) is 13.5 Å². The maximum absolute atomic E-state index is 13.4. The van der Waals surface area contributed by atoms with Crippen molar-refractivity contribution < 1.29 is 13.6 Å². The molecule has 144 valence electrons. The average Bonchev–Trinajstić information content (AvgIpc) is 3.17. The lowest BCUT2D eigenvalue weighted by molar-refractivity contribution is 0.0927. The Bertz CT molecular complexity index is 1220. The van der Waals surface area contributed by atoms with Gasteiger partial charge in [0.2, 0.25) is 0 Å². The van der Waals surface area contributed by atoms with Gasteiger partial charge in [-0.2, -0.15) is 0 Å². The molecule has 4 aromatic rings. The van der Waals surface area contributed by atoms with Crippen LogP contribution in [0.2, 0.25) is 0 Å². The molecular formula is C22H22FN3O2. The number of benzene rings is 2. The largest absolute Gasteiger partial charge is 0.450 e. The van der Waals surface area contributed by atoms with Crippen LogP contribution in [0, 0.1) is 26.6 Å². The van der Waals surface area contributed by atoms with Gasteiger partial charge >= 0.3 is 0 Å². The average molecular weight is 379 g/mol. The quantitative estimate of drug-likeness (QED) is 0.573. The van der Waals surface area contributed by atoms with Gasteiger partial charge in [0.05, 0.1) is 11.0 Å². The van der Waals surface area contributed by atoms with Gasteiger partial charge in [0.15, 0.2) is 5.76 Å². The van der Waals surface area contributed by atoms with E-state index in [9.17, 15) is 9.18 Å². The van der Waals surface area contributed by atoms with Crippen LogP contribution < -0.4 is 5.32 Å². The summed E-state index contributed by atoms with van der Waals surface area (Å²) in [5.41, 5.74) is 5.19. The number of imidazole rings is 1. The smallest absolute Gasteiger partial charge is 0.287 e. The molecule has 0 radical (unpaired) electrons. The molecule has 0 aliphatic heterocycles. The first-order valence-corrected chi connectivity index (χ1v) is 9.25. The van der Waals surface area contributed by atoms with Crippen molar-refractivity contribution in [1.29, 1.82) is 0 Å². The highest BCUT2D eigenvalue weighted by molar-refractivity contribution is 6.00. The lowest BCUT2D eigenvalue weighted by Crippen LogP contribution is -2.26. The van der Waals surface area contributed by atoms with E-state index < -0.39 is 0 Å². The Hall–Kier alpha value is -3.15. The van der Waals surface area contributed by atoms with Gasteiger partial charge in [0.1, 0.15) is 17.2 Å². The topological polar surface area (TPSA) is 60.1 Å². The van der Waals surface area contributed by atoms with Crippen LogP contribution in [-0.4, -0.2) is 22.0 Å². The van der Waals surface area contributed by atoms with E-state index in [0.717, 1.165) is 44.5 Å². The first-order chi connectivity index (χ1) is 13.4. The Balaban J connectivity index is 1.52. The number of carbonyl (C=O) groups excluding carboxylic acids is 1. The van der Waals surface area contributed by atoms with Crippen molar-refractivity contribution in [2.75, 3.05) is 6.54 Å². The van der Waals surface area contributed by atoms with Gasteiger partial charge in [-0.3, -0.25) is 4.79 Å². The highest BCUT2D eigenvalue weighted by atomic mass is 19.1. The van der Waals surface area contributed by atoms with Crippen molar-refractivity contribution in [2.45, 2.75) is 27.2 Å². The number of hydrogen-bond donors (Lipinski definition) is 1. The molecule has 0 atom stereocenters. The monoisotopic (exact) mass is 379 g/mol. The Labute approximate surface area is 162 Å². The Morgan fingerprint density at radius 2 is 1.93 bits per heavy atom. The SMILES string of the molecule is Cc1ccc(C)c2c(C)c(C(=O)NCCc3nc4ccc(F)cc4n3C)oc12. The van der Waals surface area contributed by atoms with E-state index >= 15 is 0 Å². The minimum atomic E-state index is -0.290. The summed E-state index contributed by atoms with van der Waals surface area (Å²) in [5, 5.41) is 3.91. The third-order valence-electron chi connectivity index (χ3n) is 5.26. The molecule has 0 saturated carbocycles. The van der Waals surface area contributed by atoms with Crippen molar-refractivity contribution in [1.82, 2.24) is 14.9 Å². The number of halogens is 1. The van der Waals surface area contributed by atoms with Gasteiger partial charge in [-0.25, -0.2) is 9.37 Å². The number of aryl methyl sites for hydroxylation is 4. The third kappa shape index (κ3) is 2.95. The fourth-order valence-corrected chi connectivity index (χ4v) is 3.70. The number of nitrogens with zero attached hydrogens (tertiary/aromatic N) is 2. The standard InChI is InChI=1S/C22H22FN3O2/c1-12-5-6-13(2)20-19(12)14(3)21(28-20)22(27)24-10-9-18-25-16-8-7-15(23)11-17(16)26(18)4/h5-8,11H,9-10H2,1-4H3,(H,24,27). The van der Waals surface area contributed by atoms with Gasteiger partial charge in [-0.05, 0) is 50.1 Å². The first-order valence-electron chi connectivity index (χ1n) is 9.25. The second-order valence-electron chi connectivity index (χ2n) is 7.19. The highest BCUT2D eigenvalue weighted by Crippen LogP contribution is 2.30. The van der Waals surface area contributed by atoms with E-state index in [4.69, 9.17) is 4.42 Å². The molecule has 2 aromatic heterocycles. The van der Waals surface area contributed by atoms with Gasteiger partial charge < -0.3 is 14.3 Å². The van der Waals surface area contributed by atoms with Crippen LogP contribution in [0.4, 0.5) is 4.39 Å². The zero-order valence-electron chi connectivity index (χ0n) is 16.4. The zero-order valence-corrected chi connectivity index (χ0v) is 16.4. The van der Waals surface area contributed by atoms with Crippen LogP contribution in [0.15, 0.2) is 34.7 Å². The van der Waals surface area contributed by atoms with Gasteiger partial charge in [0.25, 0.3) is 5.91 Å². The van der Waals surface area contributed by atoms with Gasteiger partial charge in [0, 0.05) is 31.0 Å². The lowest BCUT2D eigenvalue weighted by atomic mass is 10.0. The summed E-state index contributed by atoms with van der Waals surface area (Å²) in [5.74, 6) is 0.604. The number of amides is 1. The number of aromatic nitrogens is 2. The molecule has 0 aliphatic rings. The molecule has 1 N–H and O–H groups in total. The molecule has 6 heteroatoms. The maximum atomic E-state index is 13.4. The minimum Gasteiger partial charge on any atom is -0.450 e. The van der Waals surface area contributed by atoms with Crippen LogP contribution in [0.3, 0.4) is 0 Å². The van der Waals surface area contributed by atoms with Crippen LogP contribution in [0.25, 0.3) is 22.0 Å². The molecule has 0 unspecified atom stereocenters. The first kappa shape index (κ1) is 18.2. The molecule has 4 rings (SSSR count). The molecule has 0 spiro atoms.